The van der Waals surface area contributed by atoms with E-state index in [9.17, 15) is 9.59 Å². The van der Waals surface area contributed by atoms with Gasteiger partial charge in [-0.2, -0.15) is 0 Å². The summed E-state index contributed by atoms with van der Waals surface area (Å²) >= 11 is 0. The predicted octanol–water partition coefficient (Wildman–Crippen LogP) is 2.99. The van der Waals surface area contributed by atoms with Crippen molar-refractivity contribution in [2.45, 2.75) is 0 Å². The number of carbonyl (C=O) groups is 2. The molecule has 2 aromatic carbocycles. The fraction of sp³-hybridized carbons (Fsp3) is 0.0435. The molecule has 1 aromatic heterocycles. The zero-order chi connectivity index (χ0) is 22.2. The van der Waals surface area contributed by atoms with Crippen molar-refractivity contribution in [3.05, 3.63) is 83.4 Å². The van der Waals surface area contributed by atoms with Crippen molar-refractivity contribution in [1.29, 1.82) is 0 Å². The van der Waals surface area contributed by atoms with Crippen LogP contribution in [-0.4, -0.2) is 28.9 Å². The topological polar surface area (TPSA) is 133 Å². The Kier molecular flexibility index (Phi) is 6.74. The molecule has 8 nitrogen and oxygen atoms in total. The number of nitrogens with zero attached hydrogens (tertiary/aromatic N) is 2. The van der Waals surface area contributed by atoms with Crippen LogP contribution in [0.15, 0.2) is 60.9 Å². The third-order valence-electron chi connectivity index (χ3n) is 4.23. The van der Waals surface area contributed by atoms with E-state index in [-0.39, 0.29) is 5.91 Å². The van der Waals surface area contributed by atoms with Crippen molar-refractivity contribution in [1.82, 2.24) is 9.97 Å². The minimum Gasteiger partial charge on any atom is -0.497 e. The van der Waals surface area contributed by atoms with Gasteiger partial charge in [0.05, 0.1) is 42.3 Å². The number of carbonyl (C=O) groups excluding carboxylic acids is 2. The quantitative estimate of drug-likeness (QED) is 0.401. The Morgan fingerprint density at radius 2 is 1.74 bits per heavy atom. The molecule has 3 aromatic rings. The van der Waals surface area contributed by atoms with Gasteiger partial charge in [-0.05, 0) is 42.0 Å². The van der Waals surface area contributed by atoms with E-state index in [1.807, 2.05) is 6.07 Å². The zero-order valence-corrected chi connectivity index (χ0v) is 16.8. The number of benzene rings is 2. The van der Waals surface area contributed by atoms with Gasteiger partial charge in [0, 0.05) is 17.7 Å². The molecule has 0 aliphatic carbocycles. The van der Waals surface area contributed by atoms with E-state index in [2.05, 4.69) is 15.3 Å². The summed E-state index contributed by atoms with van der Waals surface area (Å²) in [6.07, 6.45) is 9.57. The van der Waals surface area contributed by atoms with E-state index in [0.717, 1.165) is 5.56 Å². The third kappa shape index (κ3) is 6.01. The Balaban J connectivity index is 1.62. The second-order valence-electron chi connectivity index (χ2n) is 6.46. The molecule has 0 saturated carbocycles. The van der Waals surface area contributed by atoms with E-state index in [1.165, 1.54) is 13.2 Å². The molecule has 0 unspecified atom stereocenters. The molecule has 2 amide bonds. The summed E-state index contributed by atoms with van der Waals surface area (Å²) in [6, 6.07) is 11.9. The van der Waals surface area contributed by atoms with Crippen LogP contribution in [0.2, 0.25) is 0 Å². The number of amides is 2. The molecule has 5 N–H and O–H groups in total. The number of nitrogen functional groups attached to an aromatic ring is 1. The highest BCUT2D eigenvalue weighted by Crippen LogP contribution is 2.24. The number of rotatable bonds is 7. The van der Waals surface area contributed by atoms with E-state index >= 15 is 0 Å². The average molecular weight is 415 g/mol. The van der Waals surface area contributed by atoms with Crippen molar-refractivity contribution >= 4 is 41.4 Å². The molecular formula is C23H21N5O3. The van der Waals surface area contributed by atoms with Gasteiger partial charge < -0.3 is 21.5 Å². The lowest BCUT2D eigenvalue weighted by atomic mass is 10.1. The van der Waals surface area contributed by atoms with Gasteiger partial charge in [0.1, 0.15) is 5.75 Å². The number of hydrogen-bond donors (Lipinski definition) is 3. The van der Waals surface area contributed by atoms with Crippen LogP contribution >= 0.6 is 0 Å². The summed E-state index contributed by atoms with van der Waals surface area (Å²) in [5.74, 6) is -0.256. The van der Waals surface area contributed by atoms with Gasteiger partial charge in [-0.25, -0.2) is 0 Å². The van der Waals surface area contributed by atoms with Crippen LogP contribution in [-0.2, 0) is 4.79 Å². The molecule has 8 heteroatoms. The SMILES string of the molecule is COc1ccc(N)c(NC(=O)/C=C/c2cnc(/C=C/c3cccc(C(N)=O)c3)cn2)c1. The lowest BCUT2D eigenvalue weighted by molar-refractivity contribution is -0.111. The highest BCUT2D eigenvalue weighted by molar-refractivity contribution is 6.03. The molecule has 0 radical (unpaired) electrons. The maximum absolute atomic E-state index is 12.2. The van der Waals surface area contributed by atoms with Crippen LogP contribution in [0.25, 0.3) is 18.2 Å². The molecule has 0 bridgehead atoms. The molecular weight excluding hydrogens is 394 g/mol. The summed E-state index contributed by atoms with van der Waals surface area (Å²) in [5, 5.41) is 2.69. The Labute approximate surface area is 179 Å². The average Bonchev–Trinajstić information content (AvgIpc) is 2.78. The first-order chi connectivity index (χ1) is 14.9. The van der Waals surface area contributed by atoms with Crippen LogP contribution in [0, 0.1) is 0 Å². The van der Waals surface area contributed by atoms with Crippen LogP contribution in [0.1, 0.15) is 27.3 Å². The number of hydrogen-bond acceptors (Lipinski definition) is 6. The minimum absolute atomic E-state index is 0.361. The summed E-state index contributed by atoms with van der Waals surface area (Å²) in [5.41, 5.74) is 14.4. The van der Waals surface area contributed by atoms with Crippen molar-refractivity contribution in [3.8, 4) is 5.75 Å². The van der Waals surface area contributed by atoms with E-state index in [1.54, 1.807) is 67.0 Å². The smallest absolute Gasteiger partial charge is 0.248 e. The van der Waals surface area contributed by atoms with Crippen molar-refractivity contribution in [2.24, 2.45) is 5.73 Å². The number of methoxy groups -OCH3 is 1. The van der Waals surface area contributed by atoms with Crippen LogP contribution in [0.3, 0.4) is 0 Å². The molecule has 0 fully saturated rings. The van der Waals surface area contributed by atoms with E-state index in [4.69, 9.17) is 16.2 Å². The first-order valence-corrected chi connectivity index (χ1v) is 9.27. The highest BCUT2D eigenvalue weighted by Gasteiger charge is 2.05. The van der Waals surface area contributed by atoms with Gasteiger partial charge in [0.25, 0.3) is 0 Å². The number of nitrogens with two attached hydrogens (primary N) is 2. The number of aromatic nitrogens is 2. The van der Waals surface area contributed by atoms with Crippen LogP contribution < -0.4 is 21.5 Å². The van der Waals surface area contributed by atoms with Gasteiger partial charge in [-0.3, -0.25) is 19.6 Å². The van der Waals surface area contributed by atoms with Gasteiger partial charge in [0.2, 0.25) is 11.8 Å². The molecule has 0 spiro atoms. The molecule has 0 aliphatic heterocycles. The standard InChI is InChI=1S/C23H21N5O3/c1-31-19-8-9-20(24)21(12-19)28-22(29)10-7-18-14-26-17(13-27-18)6-5-15-3-2-4-16(11-15)23(25)30/h2-14H,24H2,1H3,(H2,25,30)(H,28,29)/b6-5+,10-7+. The summed E-state index contributed by atoms with van der Waals surface area (Å²) < 4.78 is 5.13. The number of ether oxygens (including phenoxy) is 1. The number of anilines is 2. The Hall–Kier alpha value is -4.46. The van der Waals surface area contributed by atoms with Crippen molar-refractivity contribution in [3.63, 3.8) is 0 Å². The van der Waals surface area contributed by atoms with Crippen molar-refractivity contribution < 1.29 is 14.3 Å². The molecule has 31 heavy (non-hydrogen) atoms. The maximum atomic E-state index is 12.2. The minimum atomic E-state index is -0.482. The fourth-order valence-corrected chi connectivity index (χ4v) is 2.60. The van der Waals surface area contributed by atoms with Gasteiger partial charge >= 0.3 is 0 Å². The van der Waals surface area contributed by atoms with E-state index < -0.39 is 5.91 Å². The Morgan fingerprint density at radius 1 is 1.00 bits per heavy atom. The molecule has 0 atom stereocenters. The monoisotopic (exact) mass is 415 g/mol. The second-order valence-corrected chi connectivity index (χ2v) is 6.46. The predicted molar refractivity (Wildman–Crippen MR) is 121 cm³/mol. The number of primary amides is 1. The summed E-state index contributed by atoms with van der Waals surface area (Å²) in [6.45, 7) is 0. The molecule has 3 rings (SSSR count). The first kappa shape index (κ1) is 21.3. The lowest BCUT2D eigenvalue weighted by Crippen LogP contribution is -2.10. The van der Waals surface area contributed by atoms with Crippen LogP contribution in [0.4, 0.5) is 11.4 Å². The molecule has 156 valence electrons. The zero-order valence-electron chi connectivity index (χ0n) is 16.8. The van der Waals surface area contributed by atoms with Gasteiger partial charge in [-0.15, -0.1) is 0 Å². The van der Waals surface area contributed by atoms with Crippen LogP contribution in [0.5, 0.6) is 5.75 Å². The fourth-order valence-electron chi connectivity index (χ4n) is 2.60. The number of nitrogens with one attached hydrogen (secondary N) is 1. The molecule has 0 aliphatic rings. The Bertz CT molecular complexity index is 1150. The highest BCUT2D eigenvalue weighted by atomic mass is 16.5. The normalized spacial score (nSPS) is 11.0. The van der Waals surface area contributed by atoms with Gasteiger partial charge in [-0.1, -0.05) is 18.2 Å². The maximum Gasteiger partial charge on any atom is 0.248 e. The van der Waals surface area contributed by atoms with Gasteiger partial charge in [0.15, 0.2) is 0 Å². The summed E-state index contributed by atoms with van der Waals surface area (Å²) in [4.78, 5) is 32.0. The first-order valence-electron chi connectivity index (χ1n) is 9.27. The molecule has 0 saturated heterocycles. The second kappa shape index (κ2) is 9.84. The third-order valence-corrected chi connectivity index (χ3v) is 4.23. The summed E-state index contributed by atoms with van der Waals surface area (Å²) in [7, 11) is 1.53. The van der Waals surface area contributed by atoms with E-state index in [0.29, 0.717) is 34.1 Å². The Morgan fingerprint density at radius 3 is 2.42 bits per heavy atom. The lowest BCUT2D eigenvalue weighted by Gasteiger charge is -2.08. The van der Waals surface area contributed by atoms with Crippen molar-refractivity contribution in [2.75, 3.05) is 18.2 Å². The largest absolute Gasteiger partial charge is 0.497 e. The molecule has 1 heterocycles.